The molecular weight excluding hydrogens is 620 g/mol. The molecule has 1 amide bonds. The highest BCUT2D eigenvalue weighted by Gasteiger charge is 2.66. The van der Waals surface area contributed by atoms with Crippen LogP contribution in [0.15, 0.2) is 35.2 Å². The van der Waals surface area contributed by atoms with Crippen LogP contribution in [-0.4, -0.2) is 26.9 Å². The summed E-state index contributed by atoms with van der Waals surface area (Å²) in [5.41, 5.74) is -3.59. The monoisotopic (exact) mass is 632 g/mol. The fourth-order valence-electron chi connectivity index (χ4n) is 3.87. The van der Waals surface area contributed by atoms with Crippen LogP contribution in [0.5, 0.6) is 0 Å². The van der Waals surface area contributed by atoms with Crippen molar-refractivity contribution in [3.63, 3.8) is 0 Å². The van der Waals surface area contributed by atoms with Crippen molar-refractivity contribution in [3.8, 4) is 11.8 Å². The second-order valence-corrected chi connectivity index (χ2v) is 11.9. The van der Waals surface area contributed by atoms with Crippen LogP contribution in [0.25, 0.3) is 5.69 Å². The van der Waals surface area contributed by atoms with Gasteiger partial charge in [0.1, 0.15) is 40.7 Å². The van der Waals surface area contributed by atoms with Crippen LogP contribution in [0.1, 0.15) is 29.7 Å². The van der Waals surface area contributed by atoms with Crippen LogP contribution >= 0.6 is 33.4 Å². The zero-order valence-corrected chi connectivity index (χ0v) is 21.7. The molecule has 1 aliphatic carbocycles. The van der Waals surface area contributed by atoms with Crippen LogP contribution in [0.4, 0.5) is 38.8 Å². The van der Waals surface area contributed by atoms with Gasteiger partial charge in [-0.15, -0.1) is 0 Å². The molecule has 3 aromatic rings. The molecule has 8 nitrogen and oxygen atoms in total. The van der Waals surface area contributed by atoms with E-state index in [1.807, 2.05) is 0 Å². The lowest BCUT2D eigenvalue weighted by Crippen LogP contribution is -2.24. The van der Waals surface area contributed by atoms with Gasteiger partial charge in [-0.1, -0.05) is 42.6 Å². The van der Waals surface area contributed by atoms with Gasteiger partial charge in [0, 0.05) is 6.07 Å². The minimum atomic E-state index is -10.3. The number of carboxylic acid groups (broad SMARTS) is 1. The Morgan fingerprint density at radius 2 is 1.62 bits per heavy atom. The van der Waals surface area contributed by atoms with Gasteiger partial charge in [0.05, 0.1) is 21.0 Å². The molecule has 1 fully saturated rings. The number of benzene rings is 2. The molecule has 214 valence electrons. The standard InChI is InChI=1S/C22H13Cl2F7N4O4S/c23-14-6-13(40(27,28,29,30)31)7-15(24)18(14)35-19(17(16(8-32)34-35)22(1-2-22)20(36)37)33-21(38)39-9-10-3-11(25)5-12(26)4-10/h3-7H,1-2,9H2,(H,33,38)(H,36,37). The third-order valence-corrected chi connectivity index (χ3v) is 7.49. The lowest BCUT2D eigenvalue weighted by atomic mass is 9.95. The van der Waals surface area contributed by atoms with E-state index < -0.39 is 78.1 Å². The van der Waals surface area contributed by atoms with Crippen molar-refractivity contribution in [2.45, 2.75) is 29.8 Å². The van der Waals surface area contributed by atoms with Crippen molar-refractivity contribution in [1.82, 2.24) is 9.78 Å². The number of ether oxygens (including phenoxy) is 1. The molecule has 4 rings (SSSR count). The number of carbonyl (C=O) groups excluding carboxylic acids is 1. The fraction of sp³-hybridized carbons (Fsp3) is 0.182. The van der Waals surface area contributed by atoms with Crippen molar-refractivity contribution >= 4 is 51.3 Å². The van der Waals surface area contributed by atoms with Gasteiger partial charge in [-0.3, -0.25) is 10.1 Å². The highest BCUT2D eigenvalue weighted by Crippen LogP contribution is 3.02. The highest BCUT2D eigenvalue weighted by atomic mass is 35.5. The maximum atomic E-state index is 13.4. The number of aromatic nitrogens is 2. The van der Waals surface area contributed by atoms with Gasteiger partial charge in [-0.25, -0.2) is 18.3 Å². The molecule has 2 aromatic carbocycles. The predicted octanol–water partition coefficient (Wildman–Crippen LogP) is 7.85. The summed E-state index contributed by atoms with van der Waals surface area (Å²) in [7, 11) is -10.3. The van der Waals surface area contributed by atoms with Gasteiger partial charge in [-0.05, 0) is 42.7 Å². The number of hydrogen-bond donors (Lipinski definition) is 2. The van der Waals surface area contributed by atoms with Gasteiger partial charge < -0.3 is 9.84 Å². The first-order valence-electron chi connectivity index (χ1n) is 10.6. The topological polar surface area (TPSA) is 117 Å². The smallest absolute Gasteiger partial charge is 0.413 e. The van der Waals surface area contributed by atoms with Crippen molar-refractivity contribution < 1.29 is 47.6 Å². The largest absolute Gasteiger partial charge is 0.481 e. The summed E-state index contributed by atoms with van der Waals surface area (Å²) in [6, 6.07) is 3.60. The van der Waals surface area contributed by atoms with E-state index in [4.69, 9.17) is 27.9 Å². The van der Waals surface area contributed by atoms with E-state index >= 15 is 0 Å². The van der Waals surface area contributed by atoms with Crippen LogP contribution in [0.3, 0.4) is 0 Å². The fourth-order valence-corrected chi connectivity index (χ4v) is 5.32. The number of nitriles is 1. The molecule has 1 aromatic heterocycles. The van der Waals surface area contributed by atoms with E-state index in [0.717, 1.165) is 12.1 Å². The van der Waals surface area contributed by atoms with E-state index in [9.17, 15) is 48.2 Å². The second-order valence-electron chi connectivity index (χ2n) is 8.67. The molecule has 0 spiro atoms. The number of hydrogen-bond acceptors (Lipinski definition) is 5. The molecule has 2 N–H and O–H groups in total. The molecule has 0 bridgehead atoms. The van der Waals surface area contributed by atoms with Crippen LogP contribution in [-0.2, 0) is 21.6 Å². The third-order valence-electron chi connectivity index (χ3n) is 5.79. The normalized spacial score (nSPS) is 15.9. The molecule has 1 aliphatic rings. The minimum absolute atomic E-state index is 0.0420. The first-order chi connectivity index (χ1) is 18.3. The minimum Gasteiger partial charge on any atom is -0.481 e. The lowest BCUT2D eigenvalue weighted by molar-refractivity contribution is -0.140. The van der Waals surface area contributed by atoms with E-state index in [1.54, 1.807) is 6.07 Å². The second kappa shape index (κ2) is 8.91. The SMILES string of the molecule is N#Cc1nn(-c2c(Cl)cc(S(F)(F)(F)(F)F)cc2Cl)c(NC(=O)OCc2cc(F)cc(F)c2)c1C1(C(=O)O)CC1. The Labute approximate surface area is 229 Å². The van der Waals surface area contributed by atoms with Crippen LogP contribution in [0, 0.1) is 23.0 Å². The Balaban J connectivity index is 1.83. The number of aliphatic carboxylic acids is 1. The number of anilines is 1. The molecule has 18 heteroatoms. The first kappa shape index (κ1) is 29.3. The molecule has 0 atom stereocenters. The quantitative estimate of drug-likeness (QED) is 0.256. The average Bonchev–Trinajstić information content (AvgIpc) is 3.53. The summed E-state index contributed by atoms with van der Waals surface area (Å²) < 4.78 is 99.2. The molecular formula is C22H13Cl2F7N4O4S. The Kier molecular flexibility index (Phi) is 6.53. The number of halogens is 9. The van der Waals surface area contributed by atoms with Gasteiger partial charge >= 0.3 is 22.3 Å². The molecule has 1 heterocycles. The molecule has 0 unspecified atom stereocenters. The van der Waals surface area contributed by atoms with E-state index in [2.05, 4.69) is 10.4 Å². The van der Waals surface area contributed by atoms with Gasteiger partial charge in [0.15, 0.2) is 5.69 Å². The lowest BCUT2D eigenvalue weighted by Gasteiger charge is -2.40. The average molecular weight is 633 g/mol. The van der Waals surface area contributed by atoms with Gasteiger partial charge in [-0.2, -0.15) is 10.4 Å². The summed E-state index contributed by atoms with van der Waals surface area (Å²) in [6.07, 6.45) is -1.46. The number of nitrogens with one attached hydrogen (secondary N) is 1. The first-order valence-corrected chi connectivity index (χ1v) is 13.4. The summed E-state index contributed by atoms with van der Waals surface area (Å²) in [4.78, 5) is 22.3. The van der Waals surface area contributed by atoms with Crippen LogP contribution in [0.2, 0.25) is 10.0 Å². The maximum Gasteiger partial charge on any atom is 0.413 e. The Morgan fingerprint density at radius 3 is 2.08 bits per heavy atom. The maximum absolute atomic E-state index is 13.4. The highest BCUT2D eigenvalue weighted by molar-refractivity contribution is 8.45. The van der Waals surface area contributed by atoms with Gasteiger partial charge in [0.25, 0.3) is 0 Å². The summed E-state index contributed by atoms with van der Waals surface area (Å²) >= 11 is 11.8. The van der Waals surface area contributed by atoms with Gasteiger partial charge in [0.2, 0.25) is 0 Å². The van der Waals surface area contributed by atoms with E-state index in [-0.39, 0.29) is 36.1 Å². The van der Waals surface area contributed by atoms with Crippen molar-refractivity contribution in [1.29, 1.82) is 5.26 Å². The van der Waals surface area contributed by atoms with Crippen LogP contribution < -0.4 is 5.32 Å². The Morgan fingerprint density at radius 1 is 1.07 bits per heavy atom. The number of amides is 1. The third kappa shape index (κ3) is 5.62. The summed E-state index contributed by atoms with van der Waals surface area (Å²) in [6.45, 7) is -0.695. The summed E-state index contributed by atoms with van der Waals surface area (Å²) in [5, 5.41) is 23.3. The molecule has 0 radical (unpaired) electrons. The number of carbonyl (C=O) groups is 2. The molecule has 1 saturated carbocycles. The van der Waals surface area contributed by atoms with E-state index in [0.29, 0.717) is 10.7 Å². The Bertz CT molecular complexity index is 1600. The number of rotatable bonds is 7. The van der Waals surface area contributed by atoms with Crippen molar-refractivity contribution in [2.24, 2.45) is 0 Å². The molecule has 40 heavy (non-hydrogen) atoms. The zero-order valence-electron chi connectivity index (χ0n) is 19.3. The van der Waals surface area contributed by atoms with Crippen molar-refractivity contribution in [2.75, 3.05) is 5.32 Å². The number of carboxylic acids is 1. The summed E-state index contributed by atoms with van der Waals surface area (Å²) in [5.74, 6) is -4.02. The van der Waals surface area contributed by atoms with E-state index in [1.165, 1.54) is 0 Å². The molecule has 0 aliphatic heterocycles. The van der Waals surface area contributed by atoms with Crippen molar-refractivity contribution in [3.05, 3.63) is 68.8 Å². The predicted molar refractivity (Wildman–Crippen MR) is 128 cm³/mol. The Hall–Kier alpha value is -3.68. The number of nitrogens with zero attached hydrogens (tertiary/aromatic N) is 3. The molecule has 0 saturated heterocycles. The zero-order chi connectivity index (χ0) is 29.9.